The Labute approximate surface area is 202 Å². The highest BCUT2D eigenvalue weighted by atomic mass is 35.5. The van der Waals surface area contributed by atoms with E-state index in [9.17, 15) is 5.11 Å². The van der Waals surface area contributed by atoms with Crippen molar-refractivity contribution in [2.45, 2.75) is 31.9 Å². The summed E-state index contributed by atoms with van der Waals surface area (Å²) in [5.41, 5.74) is 0.849. The third-order valence-electron chi connectivity index (χ3n) is 6.49. The zero-order valence-corrected chi connectivity index (χ0v) is 20.1. The van der Waals surface area contributed by atoms with Gasteiger partial charge < -0.3 is 9.84 Å². The van der Waals surface area contributed by atoms with Crippen molar-refractivity contribution in [3.05, 3.63) is 51.6 Å². The Morgan fingerprint density at radius 2 is 2.15 bits per heavy atom. The number of likely N-dealkylation sites (tertiary alicyclic amines) is 1. The quantitative estimate of drug-likeness (QED) is 0.460. The number of halogens is 2. The molecule has 0 spiro atoms. The summed E-state index contributed by atoms with van der Waals surface area (Å²) in [6.07, 6.45) is 4.52. The lowest BCUT2D eigenvalue weighted by atomic mass is 9.74. The fourth-order valence-electron chi connectivity index (χ4n) is 4.38. The largest absolute Gasteiger partial charge is 0.497 e. The number of benzene rings is 1. The zero-order chi connectivity index (χ0) is 23.3. The normalized spacial score (nSPS) is 16.8. The first-order valence-corrected chi connectivity index (χ1v) is 12.3. The zero-order valence-electron chi connectivity index (χ0n) is 18.6. The predicted molar refractivity (Wildman–Crippen MR) is 131 cm³/mol. The van der Waals surface area contributed by atoms with Gasteiger partial charge >= 0.3 is 0 Å². The van der Waals surface area contributed by atoms with Gasteiger partial charge in [-0.05, 0) is 68.3 Å². The van der Waals surface area contributed by atoms with Crippen molar-refractivity contribution in [2.75, 3.05) is 33.4 Å². The van der Waals surface area contributed by atoms with E-state index in [0.717, 1.165) is 30.9 Å². The molecule has 1 aromatic carbocycles. The summed E-state index contributed by atoms with van der Waals surface area (Å²) in [4.78, 5) is 10.8. The van der Waals surface area contributed by atoms with Crippen molar-refractivity contribution >= 4 is 33.8 Å². The molecule has 1 N–H and O–H groups in total. The van der Waals surface area contributed by atoms with Gasteiger partial charge in [0.05, 0.1) is 24.2 Å². The van der Waals surface area contributed by atoms with Crippen LogP contribution in [0.1, 0.15) is 42.4 Å². The molecule has 1 unspecified atom stereocenters. The topological polar surface area (TPSA) is 58.5 Å². The van der Waals surface area contributed by atoms with Crippen molar-refractivity contribution in [3.8, 4) is 17.6 Å². The summed E-state index contributed by atoms with van der Waals surface area (Å²) < 4.78 is 20.8. The molecule has 33 heavy (non-hydrogen) atoms. The molecule has 1 saturated heterocycles. The number of alkyl halides is 1. The molecule has 0 amide bonds. The van der Waals surface area contributed by atoms with Crippen molar-refractivity contribution in [2.24, 2.45) is 5.41 Å². The molecule has 0 radical (unpaired) electrons. The molecule has 2 aromatic heterocycles. The highest BCUT2D eigenvalue weighted by Crippen LogP contribution is 2.41. The first kappa shape index (κ1) is 23.9. The summed E-state index contributed by atoms with van der Waals surface area (Å²) >= 11 is 7.90. The first-order chi connectivity index (χ1) is 16.0. The van der Waals surface area contributed by atoms with Gasteiger partial charge in [-0.3, -0.25) is 9.88 Å². The van der Waals surface area contributed by atoms with Crippen LogP contribution in [-0.4, -0.2) is 53.3 Å². The Balaban J connectivity index is 1.39. The van der Waals surface area contributed by atoms with Gasteiger partial charge in [0.25, 0.3) is 0 Å². The van der Waals surface area contributed by atoms with E-state index < -0.39 is 6.17 Å². The van der Waals surface area contributed by atoms with Gasteiger partial charge in [-0.25, -0.2) is 9.37 Å². The van der Waals surface area contributed by atoms with Gasteiger partial charge in [-0.15, -0.1) is 11.3 Å². The highest BCUT2D eigenvalue weighted by molar-refractivity contribution is 7.10. The fraction of sp³-hybridized carbons (Fsp3) is 0.440. The number of thiazole rings is 1. The van der Waals surface area contributed by atoms with E-state index >= 15 is 4.39 Å². The number of ether oxygens (including phenoxy) is 1. The molecule has 1 fully saturated rings. The Hall–Kier alpha value is -2.24. The van der Waals surface area contributed by atoms with Crippen LogP contribution < -0.4 is 4.74 Å². The van der Waals surface area contributed by atoms with Crippen LogP contribution in [0.2, 0.25) is 5.02 Å². The minimum Gasteiger partial charge on any atom is -0.497 e. The standard InChI is InChI=1S/C25H27ClFN3O2S/c1-32-18-4-5-22-19(15-18)24(20(26)16-29-22)21(27)6-7-25(17-31)8-12-30(13-9-25)11-2-3-23-28-10-14-33-23/h4-5,10,14-16,21,31H,6-9,11-13,17H2,1H3. The number of piperidine rings is 1. The number of rotatable bonds is 7. The number of aromatic nitrogens is 2. The molecule has 4 rings (SSSR count). The lowest BCUT2D eigenvalue weighted by molar-refractivity contribution is 0.0344. The minimum atomic E-state index is -1.25. The molecule has 0 saturated carbocycles. The number of methoxy groups -OCH3 is 1. The van der Waals surface area contributed by atoms with Gasteiger partial charge in [0, 0.05) is 35.3 Å². The van der Waals surface area contributed by atoms with Crippen molar-refractivity contribution < 1.29 is 14.2 Å². The smallest absolute Gasteiger partial charge is 0.166 e. The molecule has 1 aliphatic heterocycles. The molecule has 0 bridgehead atoms. The Bertz CT molecular complexity index is 1140. The Morgan fingerprint density at radius 3 is 2.85 bits per heavy atom. The van der Waals surface area contributed by atoms with E-state index in [1.165, 1.54) is 17.5 Å². The van der Waals surface area contributed by atoms with Crippen molar-refractivity contribution in [1.82, 2.24) is 14.9 Å². The molecular formula is C25H27ClFN3O2S. The summed E-state index contributed by atoms with van der Waals surface area (Å²) in [5.74, 6) is 6.90. The second-order valence-electron chi connectivity index (χ2n) is 8.48. The number of hydrogen-bond donors (Lipinski definition) is 1. The molecule has 1 atom stereocenters. The van der Waals surface area contributed by atoms with Crippen molar-refractivity contribution in [1.29, 1.82) is 0 Å². The number of aliphatic hydroxyl groups is 1. The number of fused-ring (bicyclic) bond motifs is 1. The maximum atomic E-state index is 15.5. The molecule has 0 aliphatic carbocycles. The maximum absolute atomic E-state index is 15.5. The van der Waals surface area contributed by atoms with E-state index in [-0.39, 0.29) is 12.0 Å². The monoisotopic (exact) mass is 487 g/mol. The van der Waals surface area contributed by atoms with Gasteiger partial charge in [0.15, 0.2) is 5.01 Å². The molecule has 3 heterocycles. The van der Waals surface area contributed by atoms with Crippen LogP contribution in [0.15, 0.2) is 36.0 Å². The minimum absolute atomic E-state index is 0.0526. The van der Waals surface area contributed by atoms with Crippen LogP contribution >= 0.6 is 22.9 Å². The molecule has 174 valence electrons. The number of pyridine rings is 1. The van der Waals surface area contributed by atoms with E-state index in [0.29, 0.717) is 46.6 Å². The fourth-order valence-corrected chi connectivity index (χ4v) is 5.15. The third kappa shape index (κ3) is 5.64. The molecule has 8 heteroatoms. The lowest BCUT2D eigenvalue weighted by Gasteiger charge is -2.40. The van der Waals surface area contributed by atoms with Gasteiger partial charge in [0.2, 0.25) is 0 Å². The second kappa shape index (κ2) is 10.8. The van der Waals surface area contributed by atoms with E-state index in [1.54, 1.807) is 25.4 Å². The summed E-state index contributed by atoms with van der Waals surface area (Å²) in [7, 11) is 1.58. The predicted octanol–water partition coefficient (Wildman–Crippen LogP) is 5.27. The summed E-state index contributed by atoms with van der Waals surface area (Å²) in [6.45, 7) is 2.39. The SMILES string of the molecule is COc1ccc2ncc(Cl)c(C(F)CCC3(CO)CCN(CC#Cc4nccs4)CC3)c2c1. The van der Waals surface area contributed by atoms with E-state index in [1.807, 2.05) is 11.4 Å². The maximum Gasteiger partial charge on any atom is 0.166 e. The molecular weight excluding hydrogens is 461 g/mol. The molecule has 5 nitrogen and oxygen atoms in total. The average Bonchev–Trinajstić information content (AvgIpc) is 3.36. The van der Waals surface area contributed by atoms with Crippen molar-refractivity contribution in [3.63, 3.8) is 0 Å². The van der Waals surface area contributed by atoms with Crippen LogP contribution in [0.5, 0.6) is 5.75 Å². The van der Waals surface area contributed by atoms with E-state index in [2.05, 4.69) is 26.7 Å². The van der Waals surface area contributed by atoms with Crippen LogP contribution in [0.25, 0.3) is 10.9 Å². The Morgan fingerprint density at radius 1 is 1.33 bits per heavy atom. The second-order valence-corrected chi connectivity index (χ2v) is 9.78. The molecule has 1 aliphatic rings. The van der Waals surface area contributed by atoms with Gasteiger partial charge in [-0.2, -0.15) is 0 Å². The van der Waals surface area contributed by atoms with Gasteiger partial charge in [0.1, 0.15) is 11.9 Å². The average molecular weight is 488 g/mol. The van der Waals surface area contributed by atoms with Crippen LogP contribution in [0, 0.1) is 17.3 Å². The van der Waals surface area contributed by atoms with E-state index in [4.69, 9.17) is 16.3 Å². The number of hydrogen-bond acceptors (Lipinski definition) is 6. The summed E-state index contributed by atoms with van der Waals surface area (Å²) in [6, 6.07) is 5.39. The lowest BCUT2D eigenvalue weighted by Crippen LogP contribution is -2.42. The van der Waals surface area contributed by atoms with Crippen LogP contribution in [0.3, 0.4) is 0 Å². The Kier molecular flexibility index (Phi) is 7.82. The first-order valence-electron chi connectivity index (χ1n) is 11.0. The summed E-state index contributed by atoms with van der Waals surface area (Å²) in [5, 5.41) is 13.9. The van der Waals surface area contributed by atoms with Gasteiger partial charge in [-0.1, -0.05) is 17.5 Å². The van der Waals surface area contributed by atoms with Crippen LogP contribution in [-0.2, 0) is 0 Å². The number of nitrogens with zero attached hydrogens (tertiary/aromatic N) is 3. The third-order valence-corrected chi connectivity index (χ3v) is 7.48. The highest BCUT2D eigenvalue weighted by Gasteiger charge is 2.35. The van der Waals surface area contributed by atoms with Crippen LogP contribution in [0.4, 0.5) is 4.39 Å². The number of aliphatic hydroxyl groups excluding tert-OH is 1. The molecule has 3 aromatic rings.